The summed E-state index contributed by atoms with van der Waals surface area (Å²) in [6.45, 7) is 5.33. The zero-order chi connectivity index (χ0) is 19.6. The van der Waals surface area contributed by atoms with E-state index < -0.39 is 0 Å². The summed E-state index contributed by atoms with van der Waals surface area (Å²) in [5, 5.41) is 8.46. The first-order valence-electron chi connectivity index (χ1n) is 9.08. The first-order chi connectivity index (χ1) is 12.9. The molecule has 0 radical (unpaired) electrons. The summed E-state index contributed by atoms with van der Waals surface area (Å²) in [6, 6.07) is 17.3. The lowest BCUT2D eigenvalue weighted by Crippen LogP contribution is -2.34. The molecule has 27 heavy (non-hydrogen) atoms. The van der Waals surface area contributed by atoms with Crippen LogP contribution >= 0.6 is 0 Å². The van der Waals surface area contributed by atoms with Gasteiger partial charge in [-0.25, -0.2) is 4.79 Å². The van der Waals surface area contributed by atoms with Crippen molar-refractivity contribution in [1.29, 1.82) is 0 Å². The Morgan fingerprint density at radius 2 is 1.63 bits per heavy atom. The molecule has 0 atom stereocenters. The zero-order valence-corrected chi connectivity index (χ0v) is 16.2. The van der Waals surface area contributed by atoms with Crippen LogP contribution in [0.2, 0.25) is 0 Å². The summed E-state index contributed by atoms with van der Waals surface area (Å²) in [6.07, 6.45) is 0. The quantitative estimate of drug-likeness (QED) is 0.671. The van der Waals surface area contributed by atoms with Crippen molar-refractivity contribution in [3.8, 4) is 0 Å². The lowest BCUT2D eigenvalue weighted by molar-refractivity contribution is -0.122. The highest BCUT2D eigenvalue weighted by Crippen LogP contribution is 2.09. The van der Waals surface area contributed by atoms with Crippen LogP contribution in [0.3, 0.4) is 0 Å². The number of urea groups is 1. The van der Waals surface area contributed by atoms with Crippen LogP contribution in [0.1, 0.15) is 25.0 Å². The van der Waals surface area contributed by atoms with Crippen LogP contribution < -0.4 is 16.0 Å². The number of nitrogens with zero attached hydrogens (tertiary/aromatic N) is 1. The summed E-state index contributed by atoms with van der Waals surface area (Å²) in [4.78, 5) is 25.8. The van der Waals surface area contributed by atoms with Crippen molar-refractivity contribution in [1.82, 2.24) is 15.5 Å². The average molecular weight is 368 g/mol. The van der Waals surface area contributed by atoms with Crippen molar-refractivity contribution in [3.63, 3.8) is 0 Å². The number of rotatable bonds is 8. The molecule has 0 spiro atoms. The second kappa shape index (κ2) is 10.3. The van der Waals surface area contributed by atoms with Crippen LogP contribution in [-0.2, 0) is 17.9 Å². The third-order valence-corrected chi connectivity index (χ3v) is 3.83. The fourth-order valence-electron chi connectivity index (χ4n) is 2.59. The van der Waals surface area contributed by atoms with Gasteiger partial charge in [0, 0.05) is 24.8 Å². The van der Waals surface area contributed by atoms with Gasteiger partial charge in [-0.2, -0.15) is 0 Å². The van der Waals surface area contributed by atoms with Crippen molar-refractivity contribution in [2.45, 2.75) is 33.0 Å². The number of carbonyl (C=O) groups is 2. The Morgan fingerprint density at radius 3 is 2.26 bits per heavy atom. The Balaban J connectivity index is 1.73. The van der Waals surface area contributed by atoms with Crippen LogP contribution in [-0.4, -0.2) is 36.5 Å². The van der Waals surface area contributed by atoms with Crippen LogP contribution in [0.4, 0.5) is 10.5 Å². The number of likely N-dealkylation sites (N-methyl/N-ethyl adjacent to an activating group) is 1. The highest BCUT2D eigenvalue weighted by Gasteiger charge is 2.07. The van der Waals surface area contributed by atoms with E-state index in [4.69, 9.17) is 0 Å². The molecule has 3 amide bonds. The van der Waals surface area contributed by atoms with Crippen molar-refractivity contribution < 1.29 is 9.59 Å². The highest BCUT2D eigenvalue weighted by molar-refractivity contribution is 5.89. The van der Waals surface area contributed by atoms with Gasteiger partial charge in [-0.3, -0.25) is 9.69 Å². The fraction of sp³-hybridized carbons (Fsp3) is 0.333. The Labute approximate surface area is 161 Å². The maximum absolute atomic E-state index is 12.1. The fourth-order valence-corrected chi connectivity index (χ4v) is 2.59. The Bertz CT molecular complexity index is 730. The molecule has 6 heteroatoms. The first kappa shape index (κ1) is 20.5. The molecular weight excluding hydrogens is 340 g/mol. The van der Waals surface area contributed by atoms with Gasteiger partial charge in [0.15, 0.2) is 0 Å². The molecule has 0 fully saturated rings. The van der Waals surface area contributed by atoms with Crippen LogP contribution in [0, 0.1) is 0 Å². The number of hydrogen-bond donors (Lipinski definition) is 3. The van der Waals surface area contributed by atoms with E-state index in [0.29, 0.717) is 18.8 Å². The Kier molecular flexibility index (Phi) is 7.82. The minimum absolute atomic E-state index is 0.0213. The van der Waals surface area contributed by atoms with Gasteiger partial charge in [-0.05, 0) is 44.2 Å². The molecule has 0 unspecified atom stereocenters. The Morgan fingerprint density at radius 1 is 0.963 bits per heavy atom. The second-order valence-electron chi connectivity index (χ2n) is 6.88. The minimum Gasteiger partial charge on any atom is -0.351 e. The molecule has 0 aliphatic rings. The molecule has 0 aliphatic heterocycles. The number of hydrogen-bond acceptors (Lipinski definition) is 3. The molecule has 2 aromatic rings. The first-order valence-corrected chi connectivity index (χ1v) is 9.08. The van der Waals surface area contributed by atoms with E-state index >= 15 is 0 Å². The molecule has 0 bridgehead atoms. The van der Waals surface area contributed by atoms with Gasteiger partial charge in [-0.15, -0.1) is 0 Å². The smallest absolute Gasteiger partial charge is 0.319 e. The summed E-state index contributed by atoms with van der Waals surface area (Å²) >= 11 is 0. The largest absolute Gasteiger partial charge is 0.351 e. The van der Waals surface area contributed by atoms with Crippen LogP contribution in [0.5, 0.6) is 0 Å². The van der Waals surface area contributed by atoms with Crippen molar-refractivity contribution in [3.05, 3.63) is 65.7 Å². The Hall–Kier alpha value is -2.86. The summed E-state index contributed by atoms with van der Waals surface area (Å²) in [7, 11) is 1.93. The van der Waals surface area contributed by atoms with Gasteiger partial charge in [-0.1, -0.05) is 42.5 Å². The van der Waals surface area contributed by atoms with E-state index in [2.05, 4.69) is 16.0 Å². The zero-order valence-electron chi connectivity index (χ0n) is 16.2. The van der Waals surface area contributed by atoms with Gasteiger partial charge >= 0.3 is 6.03 Å². The molecule has 0 saturated carbocycles. The predicted octanol–water partition coefficient (Wildman–Crippen LogP) is 2.96. The molecule has 0 heterocycles. The van der Waals surface area contributed by atoms with Crippen LogP contribution in [0.25, 0.3) is 0 Å². The standard InChI is InChI=1S/C21H28N4O2/c1-16(2)23-21(27)24-19-11-9-17(10-12-19)13-22-20(26)15-25(3)14-18-7-5-4-6-8-18/h4-12,16H,13-15H2,1-3H3,(H,22,26)(H2,23,24,27). The normalized spacial score (nSPS) is 10.7. The second-order valence-corrected chi connectivity index (χ2v) is 6.88. The lowest BCUT2D eigenvalue weighted by Gasteiger charge is -2.16. The molecular formula is C21H28N4O2. The van der Waals surface area contributed by atoms with Gasteiger partial charge in [0.25, 0.3) is 0 Å². The molecule has 2 aromatic carbocycles. The monoisotopic (exact) mass is 368 g/mol. The molecule has 6 nitrogen and oxygen atoms in total. The van der Waals surface area contributed by atoms with Gasteiger partial charge in [0.1, 0.15) is 0 Å². The summed E-state index contributed by atoms with van der Waals surface area (Å²) in [5.74, 6) is -0.0213. The van der Waals surface area contributed by atoms with Gasteiger partial charge in [0.2, 0.25) is 5.91 Å². The number of nitrogens with one attached hydrogen (secondary N) is 3. The SMILES string of the molecule is CC(C)NC(=O)Nc1ccc(CNC(=O)CN(C)Cc2ccccc2)cc1. The van der Waals surface area contributed by atoms with Crippen LogP contribution in [0.15, 0.2) is 54.6 Å². The van der Waals surface area contributed by atoms with Gasteiger partial charge < -0.3 is 16.0 Å². The molecule has 0 aromatic heterocycles. The molecule has 3 N–H and O–H groups in total. The predicted molar refractivity (Wildman–Crippen MR) is 108 cm³/mol. The van der Waals surface area contributed by atoms with E-state index in [1.807, 2.05) is 80.4 Å². The highest BCUT2D eigenvalue weighted by atomic mass is 16.2. The molecule has 0 aliphatic carbocycles. The van der Waals surface area contributed by atoms with E-state index in [1.165, 1.54) is 5.56 Å². The van der Waals surface area contributed by atoms with Crippen molar-refractivity contribution >= 4 is 17.6 Å². The van der Waals surface area contributed by atoms with E-state index in [0.717, 1.165) is 12.1 Å². The minimum atomic E-state index is -0.229. The topological polar surface area (TPSA) is 73.5 Å². The number of carbonyl (C=O) groups excluding carboxylic acids is 2. The maximum atomic E-state index is 12.1. The van der Waals surface area contributed by atoms with Gasteiger partial charge in [0.05, 0.1) is 6.54 Å². The van der Waals surface area contributed by atoms with E-state index in [1.54, 1.807) is 0 Å². The van der Waals surface area contributed by atoms with E-state index in [-0.39, 0.29) is 18.0 Å². The summed E-state index contributed by atoms with van der Waals surface area (Å²) in [5.41, 5.74) is 2.87. The molecule has 2 rings (SSSR count). The number of amides is 3. The molecule has 0 saturated heterocycles. The van der Waals surface area contributed by atoms with Crippen molar-refractivity contribution in [2.75, 3.05) is 18.9 Å². The third kappa shape index (κ3) is 7.92. The van der Waals surface area contributed by atoms with E-state index in [9.17, 15) is 9.59 Å². The average Bonchev–Trinajstić information content (AvgIpc) is 2.61. The summed E-state index contributed by atoms with van der Waals surface area (Å²) < 4.78 is 0. The maximum Gasteiger partial charge on any atom is 0.319 e. The molecule has 144 valence electrons. The third-order valence-electron chi connectivity index (χ3n) is 3.83. The van der Waals surface area contributed by atoms with Crippen molar-refractivity contribution in [2.24, 2.45) is 0 Å². The lowest BCUT2D eigenvalue weighted by atomic mass is 10.2. The number of anilines is 1. The number of benzene rings is 2.